The molecule has 6 nitrogen and oxygen atoms in total. The van der Waals surface area contributed by atoms with Crippen LogP contribution in [-0.4, -0.2) is 46.7 Å². The van der Waals surface area contributed by atoms with Crippen LogP contribution in [0.5, 0.6) is 0 Å². The molecule has 1 aliphatic rings. The van der Waals surface area contributed by atoms with Crippen LogP contribution in [0.3, 0.4) is 0 Å². The Morgan fingerprint density at radius 3 is 2.88 bits per heavy atom. The summed E-state index contributed by atoms with van der Waals surface area (Å²) in [4.78, 5) is 33.1. The number of halogens is 3. The summed E-state index contributed by atoms with van der Waals surface area (Å²) in [6.07, 6.45) is -0.864. The summed E-state index contributed by atoms with van der Waals surface area (Å²) < 4.78 is 45.5. The van der Waals surface area contributed by atoms with Crippen LogP contribution in [0.25, 0.3) is 10.2 Å². The molecule has 1 atom stereocenters. The van der Waals surface area contributed by atoms with E-state index in [1.807, 2.05) is 11.9 Å². The van der Waals surface area contributed by atoms with Gasteiger partial charge in [0.05, 0.1) is 37.0 Å². The third-order valence-electron chi connectivity index (χ3n) is 5.92. The van der Waals surface area contributed by atoms with Gasteiger partial charge in [0.2, 0.25) is 0 Å². The van der Waals surface area contributed by atoms with Gasteiger partial charge in [0.15, 0.2) is 0 Å². The lowest BCUT2D eigenvalue weighted by Crippen LogP contribution is -2.39. The summed E-state index contributed by atoms with van der Waals surface area (Å²) in [5.41, 5.74) is 0.366. The van der Waals surface area contributed by atoms with Crippen LogP contribution >= 0.6 is 11.3 Å². The molecule has 0 saturated heterocycles. The van der Waals surface area contributed by atoms with Crippen molar-refractivity contribution >= 4 is 27.5 Å². The van der Waals surface area contributed by atoms with E-state index in [0.717, 1.165) is 29.0 Å². The number of benzene rings is 1. The molecule has 0 bridgehead atoms. The third kappa shape index (κ3) is 4.96. The Balaban J connectivity index is 1.58. The SMILES string of the molecule is CCOC(=O)CN(C)[C@H]1CCc2c(sc3ncn(Cc4cccc(C(F)(F)F)c4)c(=O)c23)C1. The van der Waals surface area contributed by atoms with Crippen molar-refractivity contribution in [2.24, 2.45) is 0 Å². The van der Waals surface area contributed by atoms with E-state index < -0.39 is 11.7 Å². The Morgan fingerprint density at radius 2 is 2.15 bits per heavy atom. The van der Waals surface area contributed by atoms with Gasteiger partial charge in [0.25, 0.3) is 5.56 Å². The number of aromatic nitrogens is 2. The van der Waals surface area contributed by atoms with Gasteiger partial charge < -0.3 is 4.74 Å². The molecule has 176 valence electrons. The molecular formula is C23H24F3N3O3S. The quantitative estimate of drug-likeness (QED) is 0.502. The maximum atomic E-state index is 13.2. The molecule has 1 aliphatic carbocycles. The fourth-order valence-corrected chi connectivity index (χ4v) is 5.50. The zero-order valence-electron chi connectivity index (χ0n) is 18.3. The smallest absolute Gasteiger partial charge is 0.416 e. The lowest BCUT2D eigenvalue weighted by atomic mass is 9.92. The van der Waals surface area contributed by atoms with Crippen molar-refractivity contribution in [1.82, 2.24) is 14.5 Å². The van der Waals surface area contributed by atoms with Crippen molar-refractivity contribution < 1.29 is 22.7 Å². The number of thiophene rings is 1. The van der Waals surface area contributed by atoms with Gasteiger partial charge in [-0.1, -0.05) is 12.1 Å². The van der Waals surface area contributed by atoms with E-state index in [1.54, 1.807) is 13.0 Å². The predicted octanol–water partition coefficient (Wildman–Crippen LogP) is 3.88. The average molecular weight is 480 g/mol. The highest BCUT2D eigenvalue weighted by Crippen LogP contribution is 2.35. The molecule has 1 aromatic carbocycles. The molecule has 0 fully saturated rings. The van der Waals surface area contributed by atoms with Crippen molar-refractivity contribution in [2.75, 3.05) is 20.2 Å². The van der Waals surface area contributed by atoms with E-state index in [2.05, 4.69) is 4.98 Å². The standard InChI is InChI=1S/C23H24F3N3O3S/c1-3-32-19(30)12-28(2)16-7-8-17-18(10-16)33-21-20(17)22(31)29(13-27-21)11-14-5-4-6-15(9-14)23(24,25)26/h4-6,9,13,16H,3,7-8,10-12H2,1-2H3/t16-/m0/s1. The average Bonchev–Trinajstić information content (AvgIpc) is 3.14. The maximum Gasteiger partial charge on any atom is 0.416 e. The molecule has 0 N–H and O–H groups in total. The first-order valence-corrected chi connectivity index (χ1v) is 11.5. The lowest BCUT2D eigenvalue weighted by Gasteiger charge is -2.30. The van der Waals surface area contributed by atoms with E-state index >= 15 is 0 Å². The van der Waals surface area contributed by atoms with Crippen LogP contribution in [-0.2, 0) is 35.1 Å². The third-order valence-corrected chi connectivity index (χ3v) is 7.09. The Hall–Kier alpha value is -2.72. The van der Waals surface area contributed by atoms with Gasteiger partial charge in [0.1, 0.15) is 4.83 Å². The van der Waals surface area contributed by atoms with Crippen molar-refractivity contribution in [2.45, 2.75) is 44.9 Å². The summed E-state index contributed by atoms with van der Waals surface area (Å²) in [5.74, 6) is -0.263. The molecule has 0 spiro atoms. The fourth-order valence-electron chi connectivity index (χ4n) is 4.25. The van der Waals surface area contributed by atoms with Crippen molar-refractivity contribution in [3.05, 3.63) is 62.5 Å². The number of hydrogen-bond acceptors (Lipinski definition) is 6. The normalized spacial score (nSPS) is 16.2. The zero-order valence-corrected chi connectivity index (χ0v) is 19.1. The lowest BCUT2D eigenvalue weighted by molar-refractivity contribution is -0.144. The molecule has 4 rings (SSSR count). The highest BCUT2D eigenvalue weighted by molar-refractivity contribution is 7.18. The molecular weight excluding hydrogens is 455 g/mol. The predicted molar refractivity (Wildman–Crippen MR) is 120 cm³/mol. The topological polar surface area (TPSA) is 64.4 Å². The van der Waals surface area contributed by atoms with Gasteiger partial charge in [-0.3, -0.25) is 19.1 Å². The van der Waals surface area contributed by atoms with Crippen molar-refractivity contribution in [1.29, 1.82) is 0 Å². The van der Waals surface area contributed by atoms with Crippen LogP contribution in [0.2, 0.25) is 0 Å². The molecule has 2 heterocycles. The molecule has 0 aliphatic heterocycles. The second kappa shape index (κ2) is 9.26. The first-order valence-electron chi connectivity index (χ1n) is 10.7. The molecule has 0 saturated carbocycles. The maximum absolute atomic E-state index is 13.2. The molecule has 3 aromatic rings. The zero-order chi connectivity index (χ0) is 23.8. The summed E-state index contributed by atoms with van der Waals surface area (Å²) in [6.45, 7) is 2.34. The number of hydrogen-bond donors (Lipinski definition) is 0. The van der Waals surface area contributed by atoms with Gasteiger partial charge in [0, 0.05) is 10.9 Å². The molecule has 0 amide bonds. The van der Waals surface area contributed by atoms with Crippen LogP contribution in [0, 0.1) is 0 Å². The number of aryl methyl sites for hydroxylation is 1. The number of rotatable bonds is 6. The van der Waals surface area contributed by atoms with Gasteiger partial charge in [-0.2, -0.15) is 13.2 Å². The molecule has 2 aromatic heterocycles. The van der Waals surface area contributed by atoms with Gasteiger partial charge >= 0.3 is 12.1 Å². The van der Waals surface area contributed by atoms with Crippen LogP contribution in [0.1, 0.15) is 34.9 Å². The number of likely N-dealkylation sites (N-methyl/N-ethyl adjacent to an activating group) is 1. The van der Waals surface area contributed by atoms with E-state index in [0.29, 0.717) is 35.2 Å². The van der Waals surface area contributed by atoms with E-state index in [4.69, 9.17) is 4.74 Å². The van der Waals surface area contributed by atoms with E-state index in [-0.39, 0.29) is 30.7 Å². The molecule has 10 heteroatoms. The van der Waals surface area contributed by atoms with E-state index in [9.17, 15) is 22.8 Å². The number of ether oxygens (including phenoxy) is 1. The summed E-state index contributed by atoms with van der Waals surface area (Å²) in [7, 11) is 1.89. The molecule has 0 unspecified atom stereocenters. The van der Waals surface area contributed by atoms with Crippen LogP contribution in [0.4, 0.5) is 13.2 Å². The minimum Gasteiger partial charge on any atom is -0.465 e. The fraction of sp³-hybridized carbons (Fsp3) is 0.435. The Kier molecular flexibility index (Phi) is 6.58. The van der Waals surface area contributed by atoms with Crippen LogP contribution < -0.4 is 5.56 Å². The number of alkyl halides is 3. The highest BCUT2D eigenvalue weighted by atomic mass is 32.1. The van der Waals surface area contributed by atoms with E-state index in [1.165, 1.54) is 28.3 Å². The van der Waals surface area contributed by atoms with Gasteiger partial charge in [-0.05, 0) is 56.5 Å². The summed E-state index contributed by atoms with van der Waals surface area (Å²) in [5, 5.41) is 0.552. The molecule has 33 heavy (non-hydrogen) atoms. The Bertz CT molecular complexity index is 1240. The highest BCUT2D eigenvalue weighted by Gasteiger charge is 2.31. The molecule has 0 radical (unpaired) electrons. The van der Waals surface area contributed by atoms with Gasteiger partial charge in [-0.15, -0.1) is 11.3 Å². The number of carbonyl (C=O) groups is 1. The number of esters is 1. The van der Waals surface area contributed by atoms with Gasteiger partial charge in [-0.25, -0.2) is 4.98 Å². The minimum absolute atomic E-state index is 0.0151. The number of carbonyl (C=O) groups excluding carboxylic acids is 1. The first kappa shape index (κ1) is 23.4. The second-order valence-corrected chi connectivity index (χ2v) is 9.26. The van der Waals surface area contributed by atoms with Crippen molar-refractivity contribution in [3.63, 3.8) is 0 Å². The summed E-state index contributed by atoms with van der Waals surface area (Å²) >= 11 is 1.47. The largest absolute Gasteiger partial charge is 0.465 e. The summed E-state index contributed by atoms with van der Waals surface area (Å²) in [6, 6.07) is 5.14. The second-order valence-electron chi connectivity index (χ2n) is 8.18. The monoisotopic (exact) mass is 479 g/mol. The van der Waals surface area contributed by atoms with Crippen LogP contribution in [0.15, 0.2) is 35.4 Å². The first-order chi connectivity index (χ1) is 15.7. The number of fused-ring (bicyclic) bond motifs is 3. The Labute approximate surface area is 192 Å². The minimum atomic E-state index is -4.44. The van der Waals surface area contributed by atoms with Crippen molar-refractivity contribution in [3.8, 4) is 0 Å². The Morgan fingerprint density at radius 1 is 1.36 bits per heavy atom. The number of nitrogens with zero attached hydrogens (tertiary/aromatic N) is 3.